The molecule has 1 unspecified atom stereocenters. The van der Waals surface area contributed by atoms with Crippen LogP contribution in [0.4, 0.5) is 0 Å². The van der Waals surface area contributed by atoms with Crippen molar-refractivity contribution in [1.29, 1.82) is 0 Å². The van der Waals surface area contributed by atoms with E-state index in [0.717, 1.165) is 18.4 Å². The Hall–Kier alpha value is -0.770. The van der Waals surface area contributed by atoms with Crippen LogP contribution < -0.4 is 5.32 Å². The van der Waals surface area contributed by atoms with E-state index < -0.39 is 0 Å². The molecule has 0 bridgehead atoms. The molecule has 1 saturated heterocycles. The van der Waals surface area contributed by atoms with Gasteiger partial charge in [-0.05, 0) is 54.3 Å². The maximum Gasteiger partial charge on any atom is 0.251 e. The predicted molar refractivity (Wildman–Crippen MR) is 99.8 cm³/mol. The highest BCUT2D eigenvalue weighted by atomic mass is 35.5. The number of nitrogens with zero attached hydrogens (tertiary/aromatic N) is 1. The smallest absolute Gasteiger partial charge is 0.251 e. The van der Waals surface area contributed by atoms with E-state index in [9.17, 15) is 4.79 Å². The van der Waals surface area contributed by atoms with Gasteiger partial charge in [0.25, 0.3) is 5.91 Å². The van der Waals surface area contributed by atoms with Crippen molar-refractivity contribution in [3.63, 3.8) is 0 Å². The summed E-state index contributed by atoms with van der Waals surface area (Å²) in [4.78, 5) is 14.8. The van der Waals surface area contributed by atoms with Crippen molar-refractivity contribution < 1.29 is 4.79 Å². The summed E-state index contributed by atoms with van der Waals surface area (Å²) in [6.07, 6.45) is 1.24. The molecule has 24 heavy (non-hydrogen) atoms. The second kappa shape index (κ2) is 6.86. The Morgan fingerprint density at radius 3 is 2.29 bits per heavy atom. The number of carbonyl (C=O) groups is 1. The number of fused-ring (bicyclic) bond motifs is 1. The first-order chi connectivity index (χ1) is 11.2. The third-order valence-electron chi connectivity index (χ3n) is 5.25. The maximum atomic E-state index is 12.2. The van der Waals surface area contributed by atoms with Crippen molar-refractivity contribution in [2.45, 2.75) is 27.2 Å². The number of amides is 1. The van der Waals surface area contributed by atoms with Crippen molar-refractivity contribution in [3.8, 4) is 0 Å². The molecule has 1 N–H and O–H groups in total. The lowest BCUT2D eigenvalue weighted by atomic mass is 9.92. The van der Waals surface area contributed by atoms with Gasteiger partial charge in [-0.3, -0.25) is 4.79 Å². The second-order valence-corrected chi connectivity index (χ2v) is 9.30. The summed E-state index contributed by atoms with van der Waals surface area (Å²) in [6.45, 7) is 11.2. The molecule has 1 saturated carbocycles. The molecular weight excluding hydrogens is 343 g/mol. The highest BCUT2D eigenvalue weighted by Crippen LogP contribution is 2.51. The van der Waals surface area contributed by atoms with Crippen molar-refractivity contribution in [3.05, 3.63) is 33.8 Å². The average Bonchev–Trinajstić information content (AvgIpc) is 2.92. The van der Waals surface area contributed by atoms with Gasteiger partial charge in [0.2, 0.25) is 0 Å². The topological polar surface area (TPSA) is 32.3 Å². The molecule has 0 spiro atoms. The first-order valence-corrected chi connectivity index (χ1v) is 9.45. The van der Waals surface area contributed by atoms with Gasteiger partial charge in [0.1, 0.15) is 0 Å². The summed E-state index contributed by atoms with van der Waals surface area (Å²) in [7, 11) is 0. The summed E-state index contributed by atoms with van der Waals surface area (Å²) in [6, 6.07) is 4.95. The number of halogens is 2. The molecule has 132 valence electrons. The molecule has 0 radical (unpaired) electrons. The highest BCUT2D eigenvalue weighted by Gasteiger charge is 2.55. The van der Waals surface area contributed by atoms with Gasteiger partial charge in [0.05, 0.1) is 0 Å². The zero-order chi connectivity index (χ0) is 17.5. The van der Waals surface area contributed by atoms with Crippen molar-refractivity contribution in [2.24, 2.45) is 23.2 Å². The van der Waals surface area contributed by atoms with Crippen molar-refractivity contribution >= 4 is 29.1 Å². The SMILES string of the molecule is CC(C)(C)CCN1C[C@@H]2C(CNC(=O)c3cc(Cl)cc(Cl)c3)[C@@H]2C1. The predicted octanol–water partition coefficient (Wildman–Crippen LogP) is 4.34. The number of nitrogens with one attached hydrogen (secondary N) is 1. The number of hydrogen-bond acceptors (Lipinski definition) is 2. The van der Waals surface area contributed by atoms with E-state index in [1.165, 1.54) is 26.1 Å². The molecule has 1 amide bonds. The standard InChI is InChI=1S/C19H26Cl2N2O/c1-19(2,3)4-5-23-10-16-15(17(16)11-23)9-22-18(24)12-6-13(20)8-14(21)7-12/h6-8,15-17H,4-5,9-11H2,1-3H3,(H,22,24)/t15?,16-,17+. The normalized spacial score (nSPS) is 26.3. The quantitative estimate of drug-likeness (QED) is 0.838. The van der Waals surface area contributed by atoms with Crippen LogP contribution in [0.5, 0.6) is 0 Å². The van der Waals surface area contributed by atoms with Gasteiger partial charge in [-0.1, -0.05) is 44.0 Å². The Balaban J connectivity index is 1.42. The number of rotatable bonds is 5. The molecule has 2 fully saturated rings. The first-order valence-electron chi connectivity index (χ1n) is 8.69. The molecule has 5 heteroatoms. The third kappa shape index (κ3) is 4.44. The van der Waals surface area contributed by atoms with Gasteiger partial charge in [0, 0.05) is 35.2 Å². The van der Waals surface area contributed by atoms with Gasteiger partial charge >= 0.3 is 0 Å². The van der Waals surface area contributed by atoms with Gasteiger partial charge in [-0.25, -0.2) is 0 Å². The number of carbonyl (C=O) groups excluding carboxylic acids is 1. The Bertz CT molecular complexity index is 594. The van der Waals surface area contributed by atoms with Gasteiger partial charge in [-0.15, -0.1) is 0 Å². The van der Waals surface area contributed by atoms with Crippen LogP contribution in [0, 0.1) is 23.2 Å². The summed E-state index contributed by atoms with van der Waals surface area (Å²) >= 11 is 11.9. The maximum absolute atomic E-state index is 12.2. The van der Waals surface area contributed by atoms with Crippen LogP contribution in [0.2, 0.25) is 10.0 Å². The number of benzene rings is 1. The van der Waals surface area contributed by atoms with Gasteiger partial charge in [0.15, 0.2) is 0 Å². The molecule has 3 rings (SSSR count). The van der Waals surface area contributed by atoms with E-state index in [1.807, 2.05) is 0 Å². The fraction of sp³-hybridized carbons (Fsp3) is 0.632. The number of piperidine rings is 1. The first kappa shape index (κ1) is 18.0. The summed E-state index contributed by atoms with van der Waals surface area (Å²) in [5.41, 5.74) is 0.934. The molecule has 1 aromatic carbocycles. The number of hydrogen-bond donors (Lipinski definition) is 1. The molecule has 3 nitrogen and oxygen atoms in total. The monoisotopic (exact) mass is 368 g/mol. The lowest BCUT2D eigenvalue weighted by Gasteiger charge is -2.25. The average molecular weight is 369 g/mol. The number of likely N-dealkylation sites (tertiary alicyclic amines) is 1. The minimum absolute atomic E-state index is 0.0889. The van der Waals surface area contributed by atoms with Crippen LogP contribution in [-0.2, 0) is 0 Å². The van der Waals surface area contributed by atoms with Crippen LogP contribution in [0.3, 0.4) is 0 Å². The molecule has 0 aromatic heterocycles. The van der Waals surface area contributed by atoms with Gasteiger partial charge in [-0.2, -0.15) is 0 Å². The summed E-state index contributed by atoms with van der Waals surface area (Å²) in [5.74, 6) is 2.06. The summed E-state index contributed by atoms with van der Waals surface area (Å²) in [5, 5.41) is 4.02. The highest BCUT2D eigenvalue weighted by molar-refractivity contribution is 6.35. The molecule has 1 aromatic rings. The van der Waals surface area contributed by atoms with Gasteiger partial charge < -0.3 is 10.2 Å². The summed E-state index contributed by atoms with van der Waals surface area (Å²) < 4.78 is 0. The minimum Gasteiger partial charge on any atom is -0.352 e. The molecule has 1 aliphatic heterocycles. The van der Waals surface area contributed by atoms with Crippen molar-refractivity contribution in [1.82, 2.24) is 10.2 Å². The Labute approximate surface area is 154 Å². The zero-order valence-corrected chi connectivity index (χ0v) is 16.1. The second-order valence-electron chi connectivity index (χ2n) is 8.43. The lowest BCUT2D eigenvalue weighted by molar-refractivity contribution is 0.0949. The van der Waals surface area contributed by atoms with Crippen LogP contribution in [0.15, 0.2) is 18.2 Å². The fourth-order valence-electron chi connectivity index (χ4n) is 3.71. The van der Waals surface area contributed by atoms with Crippen LogP contribution in [0.25, 0.3) is 0 Å². The van der Waals surface area contributed by atoms with E-state index in [-0.39, 0.29) is 5.91 Å². The van der Waals surface area contributed by atoms with E-state index >= 15 is 0 Å². The molecular formula is C19H26Cl2N2O. The minimum atomic E-state index is -0.0889. The lowest BCUT2D eigenvalue weighted by Crippen LogP contribution is -2.32. The van der Waals surface area contributed by atoms with E-state index in [2.05, 4.69) is 31.0 Å². The molecule has 3 atom stereocenters. The largest absolute Gasteiger partial charge is 0.352 e. The molecule has 1 aliphatic carbocycles. The third-order valence-corrected chi connectivity index (χ3v) is 5.68. The Morgan fingerprint density at radius 2 is 1.75 bits per heavy atom. The molecule has 2 aliphatic rings. The molecule has 1 heterocycles. The van der Waals surface area contributed by atoms with Crippen LogP contribution in [-0.4, -0.2) is 37.0 Å². The Morgan fingerprint density at radius 1 is 1.17 bits per heavy atom. The van der Waals surface area contributed by atoms with Crippen LogP contribution >= 0.6 is 23.2 Å². The van der Waals surface area contributed by atoms with E-state index in [1.54, 1.807) is 18.2 Å². The fourth-order valence-corrected chi connectivity index (χ4v) is 4.24. The van der Waals surface area contributed by atoms with E-state index in [0.29, 0.717) is 26.9 Å². The van der Waals surface area contributed by atoms with Crippen molar-refractivity contribution in [2.75, 3.05) is 26.2 Å². The zero-order valence-electron chi connectivity index (χ0n) is 14.6. The van der Waals surface area contributed by atoms with Crippen LogP contribution in [0.1, 0.15) is 37.6 Å². The van der Waals surface area contributed by atoms with E-state index in [4.69, 9.17) is 23.2 Å². The Kier molecular flexibility index (Phi) is 5.15.